The van der Waals surface area contributed by atoms with Gasteiger partial charge in [0, 0.05) is 31.4 Å². The summed E-state index contributed by atoms with van der Waals surface area (Å²) in [6.45, 7) is 3.79. The molecule has 33 heavy (non-hydrogen) atoms. The number of hydrogen-bond acceptors (Lipinski definition) is 5. The van der Waals surface area contributed by atoms with Crippen molar-refractivity contribution in [1.82, 2.24) is 15.2 Å². The van der Waals surface area contributed by atoms with Gasteiger partial charge in [0.15, 0.2) is 0 Å². The highest BCUT2D eigenvalue weighted by Gasteiger charge is 2.56. The first-order valence-electron chi connectivity index (χ1n) is 11.8. The largest absolute Gasteiger partial charge is 0.465 e. The lowest BCUT2D eigenvalue weighted by atomic mass is 10.0. The summed E-state index contributed by atoms with van der Waals surface area (Å²) in [5, 5.41) is 12.4. The van der Waals surface area contributed by atoms with Crippen LogP contribution in [0.3, 0.4) is 0 Å². The molecule has 2 fully saturated rings. The Morgan fingerprint density at radius 2 is 1.91 bits per heavy atom. The van der Waals surface area contributed by atoms with Crippen LogP contribution in [0.5, 0.6) is 0 Å². The van der Waals surface area contributed by atoms with Crippen molar-refractivity contribution in [3.63, 3.8) is 0 Å². The van der Waals surface area contributed by atoms with Crippen molar-refractivity contribution < 1.29 is 19.4 Å². The molecule has 1 unspecified atom stereocenters. The van der Waals surface area contributed by atoms with Crippen molar-refractivity contribution >= 4 is 18.0 Å². The first-order chi connectivity index (χ1) is 16.1. The molecule has 2 N–H and O–H groups in total. The SMILES string of the molecule is O=C(NC1[C@H]2CN(CCCc3ccc4c(n3)N(C(=O)O)CCC4)C[C@@H]12)OCc1ccccc1. The van der Waals surface area contributed by atoms with E-state index in [4.69, 9.17) is 4.74 Å². The second-order valence-electron chi connectivity index (χ2n) is 9.25. The van der Waals surface area contributed by atoms with Crippen LogP contribution >= 0.6 is 0 Å². The van der Waals surface area contributed by atoms with E-state index in [0.717, 1.165) is 62.1 Å². The number of alkyl carbamates (subject to hydrolysis) is 1. The average Bonchev–Trinajstić information content (AvgIpc) is 3.25. The number of benzene rings is 1. The summed E-state index contributed by atoms with van der Waals surface area (Å²) in [6, 6.07) is 14.0. The number of ether oxygens (including phenoxy) is 1. The monoisotopic (exact) mass is 450 g/mol. The van der Waals surface area contributed by atoms with Crippen molar-refractivity contribution in [3.05, 3.63) is 59.3 Å². The molecule has 3 atom stereocenters. The molecular weight excluding hydrogens is 420 g/mol. The fraction of sp³-hybridized carbons (Fsp3) is 0.480. The van der Waals surface area contributed by atoms with E-state index in [1.165, 1.54) is 4.90 Å². The minimum absolute atomic E-state index is 0.230. The van der Waals surface area contributed by atoms with Crippen molar-refractivity contribution in [2.75, 3.05) is 31.1 Å². The highest BCUT2D eigenvalue weighted by atomic mass is 16.5. The molecule has 5 rings (SSSR count). The van der Waals surface area contributed by atoms with E-state index in [1.54, 1.807) is 0 Å². The molecule has 174 valence electrons. The number of aryl methyl sites for hydroxylation is 2. The van der Waals surface area contributed by atoms with Crippen molar-refractivity contribution in [2.45, 2.75) is 38.3 Å². The molecule has 1 aliphatic carbocycles. The van der Waals surface area contributed by atoms with Gasteiger partial charge in [-0.15, -0.1) is 0 Å². The lowest BCUT2D eigenvalue weighted by Gasteiger charge is -2.26. The van der Waals surface area contributed by atoms with E-state index < -0.39 is 6.09 Å². The predicted octanol–water partition coefficient (Wildman–Crippen LogP) is 3.30. The number of amides is 2. The van der Waals surface area contributed by atoms with E-state index in [9.17, 15) is 14.7 Å². The standard InChI is InChI=1S/C25H30N4O4/c30-24(33-16-17-6-2-1-3-7-17)27-22-20-14-28(15-21(20)22)12-5-9-19-11-10-18-8-4-13-29(25(31)32)23(18)26-19/h1-3,6-7,10-11,20-22H,4-5,8-9,12-16H2,(H,27,30)(H,31,32)/t20-,21+,22?. The highest BCUT2D eigenvalue weighted by Crippen LogP contribution is 2.45. The Kier molecular flexibility index (Phi) is 6.17. The topological polar surface area (TPSA) is 95.0 Å². The predicted molar refractivity (Wildman–Crippen MR) is 123 cm³/mol. The van der Waals surface area contributed by atoms with Gasteiger partial charge in [-0.2, -0.15) is 0 Å². The molecule has 3 heterocycles. The van der Waals surface area contributed by atoms with E-state index in [2.05, 4.69) is 15.2 Å². The molecule has 2 amide bonds. The number of anilines is 1. The number of carbonyl (C=O) groups is 2. The summed E-state index contributed by atoms with van der Waals surface area (Å²) in [7, 11) is 0. The van der Waals surface area contributed by atoms with Crippen LogP contribution in [0.25, 0.3) is 0 Å². The van der Waals surface area contributed by atoms with E-state index in [1.807, 2.05) is 42.5 Å². The van der Waals surface area contributed by atoms with Gasteiger partial charge in [-0.3, -0.25) is 4.90 Å². The fourth-order valence-electron chi connectivity index (χ4n) is 5.20. The Hall–Kier alpha value is -3.13. The zero-order valence-electron chi connectivity index (χ0n) is 18.7. The molecule has 8 heteroatoms. The van der Waals surface area contributed by atoms with Crippen LogP contribution in [0.15, 0.2) is 42.5 Å². The second-order valence-corrected chi connectivity index (χ2v) is 9.25. The first-order valence-corrected chi connectivity index (χ1v) is 11.8. The molecule has 2 aliphatic heterocycles. The van der Waals surface area contributed by atoms with Gasteiger partial charge in [0.2, 0.25) is 0 Å². The van der Waals surface area contributed by atoms with Gasteiger partial charge in [0.25, 0.3) is 0 Å². The van der Waals surface area contributed by atoms with Gasteiger partial charge < -0.3 is 20.1 Å². The summed E-state index contributed by atoms with van der Waals surface area (Å²) in [5.41, 5.74) is 2.96. The summed E-state index contributed by atoms with van der Waals surface area (Å²) in [6.07, 6.45) is 2.29. The number of likely N-dealkylation sites (tertiary alicyclic amines) is 1. The number of carboxylic acid groups (broad SMARTS) is 1. The van der Waals surface area contributed by atoms with Crippen LogP contribution in [-0.4, -0.2) is 59.4 Å². The second kappa shape index (κ2) is 9.39. The van der Waals surface area contributed by atoms with Crippen molar-refractivity contribution in [1.29, 1.82) is 0 Å². The third-order valence-electron chi connectivity index (χ3n) is 7.00. The third-order valence-corrected chi connectivity index (χ3v) is 7.00. The Morgan fingerprint density at radius 1 is 1.12 bits per heavy atom. The average molecular weight is 451 g/mol. The number of carbonyl (C=O) groups excluding carboxylic acids is 1. The summed E-state index contributed by atoms with van der Waals surface area (Å²) in [4.78, 5) is 32.0. The summed E-state index contributed by atoms with van der Waals surface area (Å²) < 4.78 is 5.34. The minimum Gasteiger partial charge on any atom is -0.465 e. The van der Waals surface area contributed by atoms with Crippen LogP contribution in [0.2, 0.25) is 0 Å². The Bertz CT molecular complexity index is 1000. The number of pyridine rings is 1. The first kappa shape index (κ1) is 21.7. The summed E-state index contributed by atoms with van der Waals surface area (Å²) >= 11 is 0. The zero-order chi connectivity index (χ0) is 22.8. The van der Waals surface area contributed by atoms with Gasteiger partial charge in [-0.1, -0.05) is 36.4 Å². The number of hydrogen-bond donors (Lipinski definition) is 2. The molecule has 0 radical (unpaired) electrons. The number of nitrogens with one attached hydrogen (secondary N) is 1. The van der Waals surface area contributed by atoms with Crippen molar-refractivity contribution in [3.8, 4) is 0 Å². The lowest BCUT2D eigenvalue weighted by Crippen LogP contribution is -2.35. The lowest BCUT2D eigenvalue weighted by molar-refractivity contribution is 0.136. The minimum atomic E-state index is -0.927. The van der Waals surface area contributed by atoms with Gasteiger partial charge in [-0.25, -0.2) is 14.6 Å². The number of aromatic nitrogens is 1. The maximum absolute atomic E-state index is 12.1. The van der Waals surface area contributed by atoms with Crippen LogP contribution in [0, 0.1) is 11.8 Å². The molecule has 0 bridgehead atoms. The fourth-order valence-corrected chi connectivity index (χ4v) is 5.20. The Labute approximate surface area is 193 Å². The number of rotatable bonds is 7. The highest BCUT2D eigenvalue weighted by molar-refractivity contribution is 5.86. The van der Waals surface area contributed by atoms with Crippen LogP contribution in [0.4, 0.5) is 15.4 Å². The van der Waals surface area contributed by atoms with Crippen LogP contribution < -0.4 is 10.2 Å². The zero-order valence-corrected chi connectivity index (χ0v) is 18.7. The maximum atomic E-state index is 12.1. The Balaban J connectivity index is 1.02. The van der Waals surface area contributed by atoms with Crippen LogP contribution in [-0.2, 0) is 24.2 Å². The number of nitrogens with zero attached hydrogens (tertiary/aromatic N) is 3. The number of piperidine rings is 1. The molecule has 1 aromatic heterocycles. The maximum Gasteiger partial charge on any atom is 0.413 e. The number of fused-ring (bicyclic) bond motifs is 2. The van der Waals surface area contributed by atoms with E-state index in [-0.39, 0.29) is 12.1 Å². The molecule has 2 aromatic rings. The molecule has 8 nitrogen and oxygen atoms in total. The molecule has 3 aliphatic rings. The molecule has 1 aromatic carbocycles. The summed E-state index contributed by atoms with van der Waals surface area (Å²) in [5.74, 6) is 1.64. The molecule has 0 spiro atoms. The van der Waals surface area contributed by atoms with Gasteiger partial charge in [0.1, 0.15) is 12.4 Å². The van der Waals surface area contributed by atoms with Gasteiger partial charge in [0.05, 0.1) is 0 Å². The van der Waals surface area contributed by atoms with E-state index in [0.29, 0.717) is 30.8 Å². The molecule has 1 saturated heterocycles. The Morgan fingerprint density at radius 3 is 2.67 bits per heavy atom. The van der Waals surface area contributed by atoms with Crippen molar-refractivity contribution in [2.24, 2.45) is 11.8 Å². The smallest absolute Gasteiger partial charge is 0.413 e. The molecular formula is C25H30N4O4. The van der Waals surface area contributed by atoms with E-state index >= 15 is 0 Å². The molecule has 1 saturated carbocycles. The normalized spacial score (nSPS) is 23.5. The van der Waals surface area contributed by atoms with Gasteiger partial charge in [-0.05, 0) is 61.3 Å². The van der Waals surface area contributed by atoms with Gasteiger partial charge >= 0.3 is 12.2 Å². The quantitative estimate of drug-likeness (QED) is 0.672. The third kappa shape index (κ3) is 4.95. The van der Waals surface area contributed by atoms with Crippen LogP contribution in [0.1, 0.15) is 29.7 Å².